The zero-order valence-electron chi connectivity index (χ0n) is 12.7. The molecule has 4 nitrogen and oxygen atoms in total. The van der Waals surface area contributed by atoms with Gasteiger partial charge in [0.1, 0.15) is 0 Å². The molecule has 0 fully saturated rings. The highest BCUT2D eigenvalue weighted by molar-refractivity contribution is 5.98. The van der Waals surface area contributed by atoms with Gasteiger partial charge in [0.05, 0.1) is 22.8 Å². The number of hydrogen-bond acceptors (Lipinski definition) is 4. The number of hydrogen-bond donors (Lipinski definition) is 0. The van der Waals surface area contributed by atoms with Gasteiger partial charge in [0.15, 0.2) is 0 Å². The summed E-state index contributed by atoms with van der Waals surface area (Å²) >= 11 is 0. The molecule has 0 atom stereocenters. The molecule has 0 saturated carbocycles. The molecular formula is C20H12N4. The third-order valence-electron chi connectivity index (χ3n) is 4.27. The Kier molecular flexibility index (Phi) is 2.76. The Labute approximate surface area is 138 Å². The summed E-state index contributed by atoms with van der Waals surface area (Å²) in [4.78, 5) is 18.5. The average molecular weight is 308 g/mol. The fourth-order valence-corrected chi connectivity index (χ4v) is 3.26. The summed E-state index contributed by atoms with van der Waals surface area (Å²) in [6.07, 6.45) is 6.93. The smallest absolute Gasteiger partial charge is 0.0972 e. The van der Waals surface area contributed by atoms with E-state index < -0.39 is 0 Å². The first-order valence-corrected chi connectivity index (χ1v) is 7.75. The number of nitrogens with zero attached hydrogens (tertiary/aromatic N) is 4. The van der Waals surface area contributed by atoms with Gasteiger partial charge in [-0.2, -0.15) is 0 Å². The van der Waals surface area contributed by atoms with Crippen LogP contribution in [0.4, 0.5) is 0 Å². The molecule has 1 aliphatic rings. The molecule has 2 aromatic carbocycles. The first kappa shape index (κ1) is 13.1. The van der Waals surface area contributed by atoms with Crippen LogP contribution in [0.3, 0.4) is 0 Å². The van der Waals surface area contributed by atoms with Crippen molar-refractivity contribution >= 4 is 0 Å². The van der Waals surface area contributed by atoms with E-state index in [1.165, 1.54) is 0 Å². The molecule has 2 aromatic heterocycles. The Morgan fingerprint density at radius 2 is 0.625 bits per heavy atom. The highest BCUT2D eigenvalue weighted by atomic mass is 14.8. The van der Waals surface area contributed by atoms with Crippen molar-refractivity contribution in [2.75, 3.05) is 0 Å². The molecule has 0 aliphatic heterocycles. The molecule has 4 aromatic rings. The largest absolute Gasteiger partial charge is 0.252 e. The second-order valence-corrected chi connectivity index (χ2v) is 5.60. The Hall–Kier alpha value is -3.40. The molecule has 0 saturated heterocycles. The minimum Gasteiger partial charge on any atom is -0.252 e. The topological polar surface area (TPSA) is 51.6 Å². The lowest BCUT2D eigenvalue weighted by Gasteiger charge is -2.19. The standard InChI is InChI=1S/C20H12N4/c1-2-6-14-13(5-1)17-19(23-10-9-21-17)15-7-3-4-8-16(15)20-18(14)22-11-12-24-20/h1-12H. The highest BCUT2D eigenvalue weighted by Crippen LogP contribution is 2.43. The maximum absolute atomic E-state index is 4.62. The van der Waals surface area contributed by atoms with Gasteiger partial charge in [0.2, 0.25) is 0 Å². The monoisotopic (exact) mass is 308 g/mol. The van der Waals surface area contributed by atoms with E-state index in [2.05, 4.69) is 44.2 Å². The Bertz CT molecular complexity index is 785. The van der Waals surface area contributed by atoms with Crippen LogP contribution in [0.2, 0.25) is 0 Å². The van der Waals surface area contributed by atoms with E-state index in [4.69, 9.17) is 0 Å². The Morgan fingerprint density at radius 3 is 0.875 bits per heavy atom. The van der Waals surface area contributed by atoms with Crippen LogP contribution in [-0.4, -0.2) is 19.9 Å². The Morgan fingerprint density at radius 1 is 0.375 bits per heavy atom. The molecule has 112 valence electrons. The molecule has 0 amide bonds. The summed E-state index contributed by atoms with van der Waals surface area (Å²) < 4.78 is 0. The molecular weight excluding hydrogens is 296 g/mol. The van der Waals surface area contributed by atoms with E-state index in [1.807, 2.05) is 24.3 Å². The molecule has 0 bridgehead atoms. The van der Waals surface area contributed by atoms with Gasteiger partial charge in [-0.15, -0.1) is 0 Å². The summed E-state index contributed by atoms with van der Waals surface area (Å²) in [5.41, 5.74) is 7.59. The van der Waals surface area contributed by atoms with Gasteiger partial charge in [-0.25, -0.2) is 0 Å². The van der Waals surface area contributed by atoms with Crippen LogP contribution < -0.4 is 0 Å². The summed E-state index contributed by atoms with van der Waals surface area (Å²) in [7, 11) is 0. The van der Waals surface area contributed by atoms with Crippen LogP contribution in [0.1, 0.15) is 0 Å². The van der Waals surface area contributed by atoms with Gasteiger partial charge in [-0.3, -0.25) is 19.9 Å². The van der Waals surface area contributed by atoms with Gasteiger partial charge in [-0.1, -0.05) is 48.5 Å². The maximum atomic E-state index is 4.62. The van der Waals surface area contributed by atoms with Crippen molar-refractivity contribution in [1.29, 1.82) is 0 Å². The van der Waals surface area contributed by atoms with Crippen LogP contribution >= 0.6 is 0 Å². The molecule has 0 unspecified atom stereocenters. The number of rotatable bonds is 0. The quantitative estimate of drug-likeness (QED) is 0.429. The fraction of sp³-hybridized carbons (Fsp3) is 0. The van der Waals surface area contributed by atoms with E-state index in [1.54, 1.807) is 24.8 Å². The maximum Gasteiger partial charge on any atom is 0.0972 e. The summed E-state index contributed by atoms with van der Waals surface area (Å²) in [6, 6.07) is 16.3. The lowest BCUT2D eigenvalue weighted by Crippen LogP contribution is -2.02. The zero-order valence-corrected chi connectivity index (χ0v) is 12.7. The summed E-state index contributed by atoms with van der Waals surface area (Å²) in [5.74, 6) is 0. The zero-order chi connectivity index (χ0) is 15.9. The fourth-order valence-electron chi connectivity index (χ4n) is 3.26. The molecule has 2 heterocycles. The second kappa shape index (κ2) is 5.06. The van der Waals surface area contributed by atoms with E-state index in [-0.39, 0.29) is 0 Å². The summed E-state index contributed by atoms with van der Waals surface area (Å²) in [5, 5.41) is 0. The molecule has 0 radical (unpaired) electrons. The lowest BCUT2D eigenvalue weighted by molar-refractivity contribution is 1.18. The van der Waals surface area contributed by atoms with Crippen molar-refractivity contribution in [3.63, 3.8) is 0 Å². The predicted molar refractivity (Wildman–Crippen MR) is 92.9 cm³/mol. The minimum atomic E-state index is 0.872. The average Bonchev–Trinajstić information content (AvgIpc) is 2.67. The predicted octanol–water partition coefficient (Wildman–Crippen LogP) is 4.25. The molecule has 4 heteroatoms. The normalized spacial score (nSPS) is 11.3. The van der Waals surface area contributed by atoms with Crippen LogP contribution in [0.5, 0.6) is 0 Å². The molecule has 0 spiro atoms. The van der Waals surface area contributed by atoms with Crippen LogP contribution in [0, 0.1) is 0 Å². The van der Waals surface area contributed by atoms with E-state index in [0.717, 1.165) is 45.0 Å². The van der Waals surface area contributed by atoms with Gasteiger partial charge in [0.25, 0.3) is 0 Å². The first-order valence-electron chi connectivity index (χ1n) is 7.75. The van der Waals surface area contributed by atoms with Crippen LogP contribution in [0.25, 0.3) is 45.0 Å². The van der Waals surface area contributed by atoms with Crippen molar-refractivity contribution in [2.45, 2.75) is 0 Å². The van der Waals surface area contributed by atoms with E-state index in [9.17, 15) is 0 Å². The number of fused-ring (bicyclic) bond motifs is 8. The summed E-state index contributed by atoms with van der Waals surface area (Å²) in [6.45, 7) is 0. The van der Waals surface area contributed by atoms with E-state index in [0.29, 0.717) is 0 Å². The van der Waals surface area contributed by atoms with Crippen molar-refractivity contribution < 1.29 is 0 Å². The van der Waals surface area contributed by atoms with Gasteiger partial charge in [-0.05, 0) is 0 Å². The van der Waals surface area contributed by atoms with E-state index >= 15 is 0 Å². The highest BCUT2D eigenvalue weighted by Gasteiger charge is 2.24. The van der Waals surface area contributed by atoms with Gasteiger partial charge < -0.3 is 0 Å². The van der Waals surface area contributed by atoms with Crippen molar-refractivity contribution in [2.24, 2.45) is 0 Å². The van der Waals surface area contributed by atoms with Crippen molar-refractivity contribution in [3.8, 4) is 45.0 Å². The Balaban J connectivity index is 2.01. The molecule has 24 heavy (non-hydrogen) atoms. The van der Waals surface area contributed by atoms with Crippen LogP contribution in [0.15, 0.2) is 73.3 Å². The third kappa shape index (κ3) is 1.80. The third-order valence-corrected chi connectivity index (χ3v) is 4.27. The van der Waals surface area contributed by atoms with Crippen LogP contribution in [-0.2, 0) is 0 Å². The number of aromatic nitrogens is 4. The second-order valence-electron chi connectivity index (χ2n) is 5.60. The lowest BCUT2D eigenvalue weighted by atomic mass is 9.89. The molecule has 1 aliphatic carbocycles. The minimum absolute atomic E-state index is 0.872. The van der Waals surface area contributed by atoms with Gasteiger partial charge in [0, 0.05) is 47.0 Å². The van der Waals surface area contributed by atoms with Gasteiger partial charge >= 0.3 is 0 Å². The SMILES string of the molecule is c1ccc2c(c1)-c1nccnc1-c1ccccc1-c1nccnc1-2. The molecule has 5 rings (SSSR count). The van der Waals surface area contributed by atoms with Crippen molar-refractivity contribution in [3.05, 3.63) is 73.3 Å². The number of benzene rings is 2. The first-order chi connectivity index (χ1) is 11.9. The van der Waals surface area contributed by atoms with Crippen molar-refractivity contribution in [1.82, 2.24) is 19.9 Å². The molecule has 0 N–H and O–H groups in total.